The molecule has 4 heteroatoms. The molecule has 0 aliphatic rings. The van der Waals surface area contributed by atoms with E-state index in [0.29, 0.717) is 0 Å². The zero-order chi connectivity index (χ0) is 35.1. The topological polar surface area (TPSA) is 25.5 Å². The molecule has 7 aromatic carbocycles. The number of pyridine rings is 1. The van der Waals surface area contributed by atoms with Gasteiger partial charge in [0.2, 0.25) is 0 Å². The highest BCUT2D eigenvalue weighted by Crippen LogP contribution is 2.40. The van der Waals surface area contributed by atoms with Gasteiger partial charge in [-0.05, 0) is 83.9 Å². The van der Waals surface area contributed by atoms with Crippen molar-refractivity contribution in [2.24, 2.45) is 0 Å². The molecule has 0 aliphatic heterocycles. The molecule has 0 saturated heterocycles. The first-order valence-corrected chi connectivity index (χ1v) is 18.0. The largest absolute Gasteiger partial charge is 0.310 e. The van der Waals surface area contributed by atoms with Crippen LogP contribution in [0.25, 0.3) is 66.8 Å². The van der Waals surface area contributed by atoms with Crippen LogP contribution in [0.1, 0.15) is 0 Å². The number of benzene rings is 7. The van der Waals surface area contributed by atoms with Crippen molar-refractivity contribution in [1.29, 1.82) is 0 Å². The first-order valence-electron chi connectivity index (χ1n) is 18.0. The summed E-state index contributed by atoms with van der Waals surface area (Å²) < 4.78 is 4.59. The summed E-state index contributed by atoms with van der Waals surface area (Å²) in [6, 6.07) is 71.0. The van der Waals surface area contributed by atoms with Crippen LogP contribution in [-0.4, -0.2) is 14.0 Å². The molecule has 250 valence electrons. The molecule has 0 bridgehead atoms. The maximum atomic E-state index is 5.19. The van der Waals surface area contributed by atoms with Crippen LogP contribution in [0.3, 0.4) is 0 Å². The molecule has 3 aromatic heterocycles. The van der Waals surface area contributed by atoms with Crippen molar-refractivity contribution >= 4 is 44.5 Å². The Balaban J connectivity index is 1.06. The molecule has 10 aromatic rings. The number of anilines is 3. The molecule has 0 aliphatic carbocycles. The molecule has 0 atom stereocenters. The van der Waals surface area contributed by atoms with E-state index in [1.165, 1.54) is 21.8 Å². The number of rotatable bonds is 7. The van der Waals surface area contributed by atoms with Crippen molar-refractivity contribution in [2.75, 3.05) is 4.90 Å². The van der Waals surface area contributed by atoms with Crippen molar-refractivity contribution in [3.05, 3.63) is 206 Å². The SMILES string of the molecule is c1ccc(-c2nc3cc(-c4ccc(-n5c6ccccc6c6cc(N(c7ccccc7)c7ccccc7)ccc65)cc4)ccn3c2-c2ccccc2)cc1. The normalized spacial score (nSPS) is 11.4. The third-order valence-corrected chi connectivity index (χ3v) is 10.1. The Hall–Kier alpha value is -7.17. The second kappa shape index (κ2) is 12.9. The number of imidazole rings is 1. The second-order valence-corrected chi connectivity index (χ2v) is 13.3. The molecule has 0 fully saturated rings. The van der Waals surface area contributed by atoms with Crippen LogP contribution >= 0.6 is 0 Å². The quantitative estimate of drug-likeness (QED) is 0.168. The maximum absolute atomic E-state index is 5.19. The van der Waals surface area contributed by atoms with Crippen molar-refractivity contribution in [3.8, 4) is 39.3 Å². The average Bonchev–Trinajstić information content (AvgIpc) is 3.78. The van der Waals surface area contributed by atoms with E-state index < -0.39 is 0 Å². The fourth-order valence-electron chi connectivity index (χ4n) is 7.68. The smallest absolute Gasteiger partial charge is 0.138 e. The van der Waals surface area contributed by atoms with E-state index in [-0.39, 0.29) is 0 Å². The van der Waals surface area contributed by atoms with Crippen molar-refractivity contribution in [3.63, 3.8) is 0 Å². The molecule has 0 saturated carbocycles. The van der Waals surface area contributed by atoms with Gasteiger partial charge in [-0.1, -0.05) is 127 Å². The molecule has 0 spiro atoms. The summed E-state index contributed by atoms with van der Waals surface area (Å²) in [5.41, 5.74) is 14.3. The Morgan fingerprint density at radius 2 is 0.981 bits per heavy atom. The van der Waals surface area contributed by atoms with E-state index in [1.54, 1.807) is 0 Å². The van der Waals surface area contributed by atoms with Crippen LogP contribution in [0.2, 0.25) is 0 Å². The first kappa shape index (κ1) is 30.6. The van der Waals surface area contributed by atoms with Crippen LogP contribution in [0.4, 0.5) is 17.1 Å². The Labute approximate surface area is 308 Å². The van der Waals surface area contributed by atoms with Crippen LogP contribution in [-0.2, 0) is 0 Å². The lowest BCUT2D eigenvalue weighted by atomic mass is 10.0. The molecule has 4 nitrogen and oxygen atoms in total. The number of hydrogen-bond donors (Lipinski definition) is 0. The summed E-state index contributed by atoms with van der Waals surface area (Å²) in [4.78, 5) is 7.51. The molecular formula is C49H34N4. The van der Waals surface area contributed by atoms with Gasteiger partial charge >= 0.3 is 0 Å². The zero-order valence-electron chi connectivity index (χ0n) is 28.9. The van der Waals surface area contributed by atoms with Crippen LogP contribution in [0, 0.1) is 0 Å². The summed E-state index contributed by atoms with van der Waals surface area (Å²) in [5, 5.41) is 2.44. The Morgan fingerprint density at radius 3 is 1.66 bits per heavy atom. The van der Waals surface area contributed by atoms with E-state index >= 15 is 0 Å². The highest BCUT2D eigenvalue weighted by atomic mass is 15.1. The van der Waals surface area contributed by atoms with Gasteiger partial charge in [-0.3, -0.25) is 4.40 Å². The van der Waals surface area contributed by atoms with Gasteiger partial charge in [0.05, 0.1) is 22.4 Å². The Morgan fingerprint density at radius 1 is 0.396 bits per heavy atom. The van der Waals surface area contributed by atoms with Crippen LogP contribution < -0.4 is 4.90 Å². The molecule has 0 unspecified atom stereocenters. The molecule has 3 heterocycles. The van der Waals surface area contributed by atoms with Gasteiger partial charge in [0.15, 0.2) is 0 Å². The zero-order valence-corrected chi connectivity index (χ0v) is 28.9. The summed E-state index contributed by atoms with van der Waals surface area (Å²) in [5.74, 6) is 0. The lowest BCUT2D eigenvalue weighted by Gasteiger charge is -2.25. The number of hydrogen-bond acceptors (Lipinski definition) is 2. The molecule has 0 N–H and O–H groups in total. The lowest BCUT2D eigenvalue weighted by Crippen LogP contribution is -2.09. The summed E-state index contributed by atoms with van der Waals surface area (Å²) >= 11 is 0. The highest BCUT2D eigenvalue weighted by molar-refractivity contribution is 6.10. The first-order chi connectivity index (χ1) is 26.3. The van der Waals surface area contributed by atoms with E-state index in [2.05, 4.69) is 214 Å². The molecule has 0 radical (unpaired) electrons. The summed E-state index contributed by atoms with van der Waals surface area (Å²) in [6.07, 6.45) is 2.15. The monoisotopic (exact) mass is 678 g/mol. The lowest BCUT2D eigenvalue weighted by molar-refractivity contribution is 1.18. The minimum Gasteiger partial charge on any atom is -0.310 e. The highest BCUT2D eigenvalue weighted by Gasteiger charge is 2.19. The maximum Gasteiger partial charge on any atom is 0.138 e. The number of fused-ring (bicyclic) bond motifs is 4. The van der Waals surface area contributed by atoms with E-state index in [0.717, 1.165) is 62.0 Å². The van der Waals surface area contributed by atoms with Gasteiger partial charge in [-0.25, -0.2) is 4.98 Å². The van der Waals surface area contributed by atoms with Crippen molar-refractivity contribution in [2.45, 2.75) is 0 Å². The third kappa shape index (κ3) is 5.36. The summed E-state index contributed by atoms with van der Waals surface area (Å²) in [7, 11) is 0. The third-order valence-electron chi connectivity index (χ3n) is 10.1. The van der Waals surface area contributed by atoms with Gasteiger partial charge in [0.1, 0.15) is 5.65 Å². The fraction of sp³-hybridized carbons (Fsp3) is 0. The van der Waals surface area contributed by atoms with Gasteiger partial charge in [-0.2, -0.15) is 0 Å². The van der Waals surface area contributed by atoms with Crippen LogP contribution in [0.15, 0.2) is 206 Å². The number of nitrogens with zero attached hydrogens (tertiary/aromatic N) is 4. The minimum atomic E-state index is 0.919. The van der Waals surface area contributed by atoms with E-state index in [1.807, 2.05) is 6.07 Å². The molecule has 10 rings (SSSR count). The average molecular weight is 679 g/mol. The molecule has 53 heavy (non-hydrogen) atoms. The summed E-state index contributed by atoms with van der Waals surface area (Å²) in [6.45, 7) is 0. The Kier molecular flexibility index (Phi) is 7.43. The van der Waals surface area contributed by atoms with Gasteiger partial charge in [-0.15, -0.1) is 0 Å². The minimum absolute atomic E-state index is 0.919. The van der Waals surface area contributed by atoms with E-state index in [9.17, 15) is 0 Å². The standard InChI is InChI=1S/C49H34N4/c1-5-15-36(16-6-1)48-49(37-17-7-2-8-18-37)51-32-31-38(33-47(51)50-48)35-25-27-41(28-26-35)53-45-24-14-13-23-43(45)44-34-42(29-30-46(44)53)52(39-19-9-3-10-20-39)40-21-11-4-12-22-40/h1-34H. The number of para-hydroxylation sites is 3. The van der Waals surface area contributed by atoms with Gasteiger partial charge in [0, 0.05) is 50.8 Å². The fourth-order valence-corrected chi connectivity index (χ4v) is 7.68. The van der Waals surface area contributed by atoms with Gasteiger partial charge < -0.3 is 9.47 Å². The van der Waals surface area contributed by atoms with Crippen molar-refractivity contribution in [1.82, 2.24) is 14.0 Å². The van der Waals surface area contributed by atoms with Gasteiger partial charge in [0.25, 0.3) is 0 Å². The molecular weight excluding hydrogens is 645 g/mol. The second-order valence-electron chi connectivity index (χ2n) is 13.3. The predicted molar refractivity (Wildman–Crippen MR) is 221 cm³/mol. The Bertz CT molecular complexity index is 2820. The molecule has 0 amide bonds. The van der Waals surface area contributed by atoms with Crippen LogP contribution in [0.5, 0.6) is 0 Å². The van der Waals surface area contributed by atoms with Crippen molar-refractivity contribution < 1.29 is 0 Å². The predicted octanol–water partition coefficient (Wildman–Crippen LogP) is 12.9. The number of aromatic nitrogens is 3. The van der Waals surface area contributed by atoms with E-state index in [4.69, 9.17) is 4.98 Å².